The number of allylic oxidation sites excluding steroid dienone is 1. The SMILES string of the molecule is C=C(/C(COC1CCCCO1)=N\C(=C/C)OC)[C@H]1CN(Cc2ccccc2)C[C@@H](C)N1. The van der Waals surface area contributed by atoms with Crippen molar-refractivity contribution in [3.63, 3.8) is 0 Å². The van der Waals surface area contributed by atoms with Crippen molar-refractivity contribution in [2.75, 3.05) is 33.4 Å². The maximum atomic E-state index is 6.06. The Bertz CT molecular complexity index is 757. The molecule has 1 aromatic carbocycles. The molecule has 0 aliphatic carbocycles. The molecule has 2 aliphatic rings. The maximum absolute atomic E-state index is 6.06. The van der Waals surface area contributed by atoms with Gasteiger partial charge in [-0.15, -0.1) is 0 Å². The molecule has 3 atom stereocenters. The van der Waals surface area contributed by atoms with Crippen LogP contribution in [0, 0.1) is 0 Å². The average Bonchev–Trinajstić information content (AvgIpc) is 2.80. The van der Waals surface area contributed by atoms with E-state index in [4.69, 9.17) is 19.2 Å². The van der Waals surface area contributed by atoms with Gasteiger partial charge in [0.2, 0.25) is 5.88 Å². The van der Waals surface area contributed by atoms with Gasteiger partial charge in [0.25, 0.3) is 0 Å². The lowest BCUT2D eigenvalue weighted by atomic mass is 9.99. The fourth-order valence-corrected chi connectivity index (χ4v) is 4.12. The normalized spacial score (nSPS) is 26.0. The van der Waals surface area contributed by atoms with E-state index in [9.17, 15) is 0 Å². The van der Waals surface area contributed by atoms with Crippen molar-refractivity contribution in [2.45, 2.75) is 58.0 Å². The zero-order valence-corrected chi connectivity index (χ0v) is 19.2. The van der Waals surface area contributed by atoms with Crippen molar-refractivity contribution >= 4 is 5.71 Å². The number of methoxy groups -OCH3 is 1. The molecule has 1 N–H and O–H groups in total. The number of rotatable bonds is 9. The van der Waals surface area contributed by atoms with Gasteiger partial charge in [0, 0.05) is 38.3 Å². The van der Waals surface area contributed by atoms with Crippen LogP contribution in [0.15, 0.2) is 59.4 Å². The minimum Gasteiger partial charge on any atom is -0.481 e. The molecule has 0 radical (unpaired) electrons. The average molecular weight is 428 g/mol. The van der Waals surface area contributed by atoms with Gasteiger partial charge in [0.15, 0.2) is 6.29 Å². The molecule has 0 bridgehead atoms. The van der Waals surface area contributed by atoms with Gasteiger partial charge >= 0.3 is 0 Å². The number of hydrogen-bond donors (Lipinski definition) is 1. The van der Waals surface area contributed by atoms with E-state index in [1.165, 1.54) is 5.56 Å². The van der Waals surface area contributed by atoms with Crippen LogP contribution >= 0.6 is 0 Å². The van der Waals surface area contributed by atoms with Crippen LogP contribution in [0.1, 0.15) is 38.7 Å². The summed E-state index contributed by atoms with van der Waals surface area (Å²) >= 11 is 0. The molecule has 170 valence electrons. The van der Waals surface area contributed by atoms with Gasteiger partial charge in [0.05, 0.1) is 19.4 Å². The Kier molecular flexibility index (Phi) is 9.28. The third-order valence-electron chi connectivity index (χ3n) is 5.74. The third-order valence-corrected chi connectivity index (χ3v) is 5.74. The molecule has 2 saturated heterocycles. The van der Waals surface area contributed by atoms with Crippen molar-refractivity contribution in [3.05, 3.63) is 60.0 Å². The second-order valence-corrected chi connectivity index (χ2v) is 8.32. The number of piperazine rings is 1. The molecule has 31 heavy (non-hydrogen) atoms. The number of nitrogens with zero attached hydrogens (tertiary/aromatic N) is 2. The summed E-state index contributed by atoms with van der Waals surface area (Å²) in [5.41, 5.74) is 3.07. The molecule has 0 aromatic heterocycles. The number of benzene rings is 1. The summed E-state index contributed by atoms with van der Waals surface area (Å²) in [6.07, 6.45) is 4.83. The summed E-state index contributed by atoms with van der Waals surface area (Å²) in [5, 5.41) is 3.69. The Morgan fingerprint density at radius 2 is 2.10 bits per heavy atom. The largest absolute Gasteiger partial charge is 0.481 e. The van der Waals surface area contributed by atoms with Gasteiger partial charge < -0.3 is 19.5 Å². The van der Waals surface area contributed by atoms with Crippen LogP contribution in [0.2, 0.25) is 0 Å². The number of hydrogen-bond acceptors (Lipinski definition) is 6. The van der Waals surface area contributed by atoms with E-state index in [-0.39, 0.29) is 12.3 Å². The minimum atomic E-state index is -0.170. The molecule has 6 nitrogen and oxygen atoms in total. The lowest BCUT2D eigenvalue weighted by Crippen LogP contribution is -2.56. The summed E-state index contributed by atoms with van der Waals surface area (Å²) in [6, 6.07) is 11.1. The Morgan fingerprint density at radius 3 is 2.77 bits per heavy atom. The van der Waals surface area contributed by atoms with Crippen molar-refractivity contribution in [1.82, 2.24) is 10.2 Å². The molecular formula is C25H37N3O3. The lowest BCUT2D eigenvalue weighted by Gasteiger charge is -2.39. The molecular weight excluding hydrogens is 390 g/mol. The van der Waals surface area contributed by atoms with E-state index < -0.39 is 0 Å². The smallest absolute Gasteiger partial charge is 0.208 e. The van der Waals surface area contributed by atoms with Crippen LogP contribution in [-0.4, -0.2) is 62.4 Å². The van der Waals surface area contributed by atoms with Crippen LogP contribution in [0.25, 0.3) is 0 Å². The van der Waals surface area contributed by atoms with Crippen molar-refractivity contribution in [2.24, 2.45) is 4.99 Å². The predicted octanol–water partition coefficient (Wildman–Crippen LogP) is 3.90. The first-order valence-electron chi connectivity index (χ1n) is 11.3. The molecule has 2 aliphatic heterocycles. The minimum absolute atomic E-state index is 0.0945. The van der Waals surface area contributed by atoms with Crippen LogP contribution in [0.3, 0.4) is 0 Å². The van der Waals surface area contributed by atoms with Crippen LogP contribution in [-0.2, 0) is 20.8 Å². The van der Waals surface area contributed by atoms with E-state index >= 15 is 0 Å². The molecule has 0 saturated carbocycles. The Labute approximate surface area is 187 Å². The van der Waals surface area contributed by atoms with E-state index in [0.29, 0.717) is 18.5 Å². The van der Waals surface area contributed by atoms with Gasteiger partial charge in [0.1, 0.15) is 0 Å². The standard InChI is InChI=1S/C25H37N3O3/c1-5-24(29-4)27-23(18-31-25-13-9-10-14-30-25)20(3)22-17-28(15-19(2)26-22)16-21-11-7-6-8-12-21/h5-8,11-12,19,22,25-26H,3,9-10,13-18H2,1-2,4H3/b24-5+,27-23-/t19-,22-,25?/m1/s1. The highest BCUT2D eigenvalue weighted by atomic mass is 16.7. The second-order valence-electron chi connectivity index (χ2n) is 8.32. The van der Waals surface area contributed by atoms with Gasteiger partial charge in [-0.2, -0.15) is 0 Å². The zero-order chi connectivity index (χ0) is 22.1. The van der Waals surface area contributed by atoms with Gasteiger partial charge in [-0.05, 0) is 50.3 Å². The maximum Gasteiger partial charge on any atom is 0.208 e. The summed E-state index contributed by atoms with van der Waals surface area (Å²) in [7, 11) is 1.63. The summed E-state index contributed by atoms with van der Waals surface area (Å²) in [4.78, 5) is 7.20. The summed E-state index contributed by atoms with van der Waals surface area (Å²) in [5.74, 6) is 0.564. The second kappa shape index (κ2) is 12.2. The predicted molar refractivity (Wildman–Crippen MR) is 125 cm³/mol. The molecule has 0 amide bonds. The van der Waals surface area contributed by atoms with E-state index in [2.05, 4.69) is 54.1 Å². The molecule has 2 heterocycles. The number of aliphatic imine (C=N–C) groups is 1. The highest BCUT2D eigenvalue weighted by molar-refractivity contribution is 6.02. The number of ether oxygens (including phenoxy) is 3. The molecule has 0 spiro atoms. The van der Waals surface area contributed by atoms with E-state index in [0.717, 1.165) is 56.8 Å². The van der Waals surface area contributed by atoms with Gasteiger partial charge in [-0.1, -0.05) is 36.9 Å². The summed E-state index contributed by atoms with van der Waals surface area (Å²) < 4.78 is 17.2. The van der Waals surface area contributed by atoms with E-state index in [1.54, 1.807) is 7.11 Å². The first kappa shape index (κ1) is 23.7. The van der Waals surface area contributed by atoms with E-state index in [1.807, 2.05) is 13.0 Å². The molecule has 6 heteroatoms. The van der Waals surface area contributed by atoms with Crippen molar-refractivity contribution < 1.29 is 14.2 Å². The van der Waals surface area contributed by atoms with Gasteiger partial charge in [-0.25, -0.2) is 4.99 Å². The first-order valence-corrected chi connectivity index (χ1v) is 11.3. The number of nitrogens with one attached hydrogen (secondary N) is 1. The molecule has 3 rings (SSSR count). The van der Waals surface area contributed by atoms with Crippen LogP contribution < -0.4 is 5.32 Å². The van der Waals surface area contributed by atoms with Crippen LogP contribution in [0.5, 0.6) is 0 Å². The van der Waals surface area contributed by atoms with Crippen molar-refractivity contribution in [1.29, 1.82) is 0 Å². The monoisotopic (exact) mass is 427 g/mol. The highest BCUT2D eigenvalue weighted by Gasteiger charge is 2.28. The molecule has 2 fully saturated rings. The fraction of sp³-hybridized carbons (Fsp3) is 0.560. The highest BCUT2D eigenvalue weighted by Crippen LogP contribution is 2.18. The quantitative estimate of drug-likeness (QED) is 0.479. The van der Waals surface area contributed by atoms with Crippen molar-refractivity contribution in [3.8, 4) is 0 Å². The summed E-state index contributed by atoms with van der Waals surface area (Å²) in [6.45, 7) is 12.4. The third kappa shape index (κ3) is 7.28. The fourth-order valence-electron chi connectivity index (χ4n) is 4.12. The molecule has 1 aromatic rings. The topological polar surface area (TPSA) is 55.3 Å². The zero-order valence-electron chi connectivity index (χ0n) is 19.2. The Hall–Kier alpha value is -1.99. The Balaban J connectivity index is 1.70. The first-order chi connectivity index (χ1) is 15.1. The molecule has 1 unspecified atom stereocenters. The van der Waals surface area contributed by atoms with Crippen LogP contribution in [0.4, 0.5) is 0 Å². The Morgan fingerprint density at radius 1 is 1.29 bits per heavy atom. The lowest BCUT2D eigenvalue weighted by molar-refractivity contribution is -0.152. The van der Waals surface area contributed by atoms with Gasteiger partial charge in [-0.3, -0.25) is 4.90 Å².